The van der Waals surface area contributed by atoms with Crippen LogP contribution < -0.4 is 26.4 Å². The Kier molecular flexibility index (Phi) is 29.2. The first kappa shape index (κ1) is 34.2. The Balaban J connectivity index is 0. The van der Waals surface area contributed by atoms with E-state index in [0.29, 0.717) is 6.54 Å². The maximum absolute atomic E-state index is 12.0. The van der Waals surface area contributed by atoms with Crippen molar-refractivity contribution in [2.75, 3.05) is 58.1 Å². The number of rotatable bonds is 26. The smallest absolute Gasteiger partial charge is 0.211 e. The molecule has 0 rings (SSSR count). The van der Waals surface area contributed by atoms with E-state index in [1.165, 1.54) is 44.9 Å². The molecule has 0 aliphatic carbocycles. The Morgan fingerprint density at radius 3 is 1.53 bits per heavy atom. The minimum absolute atomic E-state index is 0. The molecule has 0 saturated heterocycles. The van der Waals surface area contributed by atoms with Gasteiger partial charge >= 0.3 is 0 Å². The lowest BCUT2D eigenvalue weighted by molar-refractivity contribution is 0.547. The molecule has 7 nitrogen and oxygen atoms in total. The largest absolute Gasteiger partial charge is 0.330 e. The summed E-state index contributed by atoms with van der Waals surface area (Å²) in [6.45, 7) is 9.54. The molecule has 0 unspecified atom stereocenters. The highest BCUT2D eigenvalue weighted by Gasteiger charge is 2.08. The number of sulfonamides is 1. The average molecular weight is 500 g/mol. The summed E-state index contributed by atoms with van der Waals surface area (Å²) in [5, 5.41) is 10.3. The van der Waals surface area contributed by atoms with Gasteiger partial charge in [-0.1, -0.05) is 51.9 Å². The van der Waals surface area contributed by atoms with E-state index in [9.17, 15) is 8.42 Å². The van der Waals surface area contributed by atoms with E-state index in [1.54, 1.807) is 0 Å². The van der Waals surface area contributed by atoms with E-state index in [4.69, 9.17) is 5.73 Å². The minimum atomic E-state index is -3.10. The number of nitrogens with one attached hydrogen (secondary N) is 4. The van der Waals surface area contributed by atoms with Crippen LogP contribution >= 0.6 is 12.4 Å². The summed E-state index contributed by atoms with van der Waals surface area (Å²) in [5.41, 5.74) is 5.46. The second-order valence-electron chi connectivity index (χ2n) is 8.49. The van der Waals surface area contributed by atoms with Gasteiger partial charge in [0.1, 0.15) is 0 Å². The predicted molar refractivity (Wildman–Crippen MR) is 142 cm³/mol. The molecule has 0 bridgehead atoms. The standard InChI is InChI=1S/C23H53N5O2S.ClH/c1-2-3-4-5-6-7-8-11-23-31(29,30)28-22-14-21-27-20-13-19-26-17-10-9-16-25-18-12-15-24;/h25-28H,2-24H2,1H3;1H. The maximum Gasteiger partial charge on any atom is 0.211 e. The Hall–Kier alpha value is 0.0400. The summed E-state index contributed by atoms with van der Waals surface area (Å²) in [5.74, 6) is 0.269. The van der Waals surface area contributed by atoms with Crippen LogP contribution in [-0.2, 0) is 10.0 Å². The lowest BCUT2D eigenvalue weighted by atomic mass is 10.1. The van der Waals surface area contributed by atoms with Crippen molar-refractivity contribution in [1.29, 1.82) is 0 Å². The summed E-state index contributed by atoms with van der Waals surface area (Å²) in [6.07, 6.45) is 14.8. The Bertz CT molecular complexity index is 456. The van der Waals surface area contributed by atoms with Crippen LogP contribution in [0.4, 0.5) is 0 Å². The zero-order valence-electron chi connectivity index (χ0n) is 20.8. The van der Waals surface area contributed by atoms with Crippen LogP contribution in [0.5, 0.6) is 0 Å². The highest BCUT2D eigenvalue weighted by Crippen LogP contribution is 2.08. The molecule has 0 aliphatic heterocycles. The Labute approximate surface area is 205 Å². The summed E-state index contributed by atoms with van der Waals surface area (Å²) in [7, 11) is -3.10. The number of unbranched alkanes of at least 4 members (excludes halogenated alkanes) is 8. The molecule has 0 saturated carbocycles. The summed E-state index contributed by atoms with van der Waals surface area (Å²) >= 11 is 0. The van der Waals surface area contributed by atoms with Gasteiger partial charge in [0.15, 0.2) is 0 Å². The second-order valence-corrected chi connectivity index (χ2v) is 10.4. The van der Waals surface area contributed by atoms with E-state index >= 15 is 0 Å². The predicted octanol–water partition coefficient (Wildman–Crippen LogP) is 3.15. The normalized spacial score (nSPS) is 11.6. The lowest BCUT2D eigenvalue weighted by Gasteiger charge is -2.08. The van der Waals surface area contributed by atoms with Crippen molar-refractivity contribution in [3.05, 3.63) is 0 Å². The van der Waals surface area contributed by atoms with Crippen LogP contribution in [0.15, 0.2) is 0 Å². The summed E-state index contributed by atoms with van der Waals surface area (Å²) < 4.78 is 26.7. The summed E-state index contributed by atoms with van der Waals surface area (Å²) in [4.78, 5) is 0. The van der Waals surface area contributed by atoms with Crippen molar-refractivity contribution < 1.29 is 8.42 Å². The van der Waals surface area contributed by atoms with Gasteiger partial charge in [-0.15, -0.1) is 12.4 Å². The van der Waals surface area contributed by atoms with Gasteiger partial charge in [0.2, 0.25) is 10.0 Å². The molecule has 0 aromatic rings. The van der Waals surface area contributed by atoms with Gasteiger partial charge in [-0.25, -0.2) is 13.1 Å². The molecule has 0 heterocycles. The van der Waals surface area contributed by atoms with E-state index in [1.807, 2.05) is 0 Å². The quantitative estimate of drug-likeness (QED) is 0.117. The van der Waals surface area contributed by atoms with Gasteiger partial charge in [0, 0.05) is 6.54 Å². The van der Waals surface area contributed by atoms with Gasteiger partial charge in [-0.2, -0.15) is 0 Å². The topological polar surface area (TPSA) is 108 Å². The van der Waals surface area contributed by atoms with Gasteiger partial charge in [-0.3, -0.25) is 0 Å². The van der Waals surface area contributed by atoms with Gasteiger partial charge in [-0.05, 0) is 84.3 Å². The molecule has 0 radical (unpaired) electrons. The highest BCUT2D eigenvalue weighted by atomic mass is 35.5. The van der Waals surface area contributed by atoms with Gasteiger partial charge < -0.3 is 21.7 Å². The molecule has 32 heavy (non-hydrogen) atoms. The van der Waals surface area contributed by atoms with Crippen molar-refractivity contribution in [2.45, 2.75) is 90.4 Å². The number of nitrogens with two attached hydrogens (primary N) is 1. The van der Waals surface area contributed by atoms with E-state index in [-0.39, 0.29) is 18.2 Å². The molecule has 9 heteroatoms. The van der Waals surface area contributed by atoms with Crippen LogP contribution in [0.3, 0.4) is 0 Å². The number of hydrogen-bond donors (Lipinski definition) is 5. The Morgan fingerprint density at radius 1 is 0.562 bits per heavy atom. The molecule has 196 valence electrons. The molecule has 0 amide bonds. The fourth-order valence-electron chi connectivity index (χ4n) is 3.38. The molecule has 0 aromatic heterocycles. The van der Waals surface area contributed by atoms with E-state index in [0.717, 1.165) is 84.3 Å². The van der Waals surface area contributed by atoms with Gasteiger partial charge in [0.25, 0.3) is 0 Å². The van der Waals surface area contributed by atoms with Crippen LogP contribution in [0.1, 0.15) is 90.4 Å². The van der Waals surface area contributed by atoms with Crippen molar-refractivity contribution in [3.8, 4) is 0 Å². The first-order valence-corrected chi connectivity index (χ1v) is 14.6. The third-order valence-corrected chi connectivity index (χ3v) is 6.81. The molecule has 6 N–H and O–H groups in total. The van der Waals surface area contributed by atoms with Crippen molar-refractivity contribution in [2.24, 2.45) is 5.73 Å². The fraction of sp³-hybridized carbons (Fsp3) is 1.00. The van der Waals surface area contributed by atoms with E-state index in [2.05, 4.69) is 27.6 Å². The van der Waals surface area contributed by atoms with Crippen LogP contribution in [0.25, 0.3) is 0 Å². The number of hydrogen-bond acceptors (Lipinski definition) is 6. The monoisotopic (exact) mass is 499 g/mol. The maximum atomic E-state index is 12.0. The zero-order valence-corrected chi connectivity index (χ0v) is 22.4. The Morgan fingerprint density at radius 2 is 1.00 bits per heavy atom. The van der Waals surface area contributed by atoms with Crippen molar-refractivity contribution in [3.63, 3.8) is 0 Å². The van der Waals surface area contributed by atoms with Crippen molar-refractivity contribution >= 4 is 22.4 Å². The average Bonchev–Trinajstić information content (AvgIpc) is 2.75. The van der Waals surface area contributed by atoms with Crippen molar-refractivity contribution in [1.82, 2.24) is 20.7 Å². The van der Waals surface area contributed by atoms with Crippen LogP contribution in [0.2, 0.25) is 0 Å². The van der Waals surface area contributed by atoms with Crippen LogP contribution in [0, 0.1) is 0 Å². The second kappa shape index (κ2) is 27.3. The molecular weight excluding hydrogens is 446 g/mol. The molecule has 0 aromatic carbocycles. The van der Waals surface area contributed by atoms with E-state index < -0.39 is 10.0 Å². The number of halogens is 1. The third kappa shape index (κ3) is 28.1. The van der Waals surface area contributed by atoms with Crippen LogP contribution in [-0.4, -0.2) is 66.5 Å². The first-order chi connectivity index (χ1) is 15.1. The molecule has 0 fully saturated rings. The third-order valence-electron chi connectivity index (χ3n) is 5.34. The highest BCUT2D eigenvalue weighted by molar-refractivity contribution is 7.89. The molecular formula is C23H54ClN5O2S. The molecule has 0 atom stereocenters. The molecule has 0 spiro atoms. The SMILES string of the molecule is CCCCCCCCCCS(=O)(=O)NCCCNCCCNCCCCNCCCN.Cl. The first-order valence-electron chi connectivity index (χ1n) is 12.9. The minimum Gasteiger partial charge on any atom is -0.330 e. The summed E-state index contributed by atoms with van der Waals surface area (Å²) in [6, 6.07) is 0. The van der Waals surface area contributed by atoms with Gasteiger partial charge in [0.05, 0.1) is 5.75 Å². The lowest BCUT2D eigenvalue weighted by Crippen LogP contribution is -2.30. The molecule has 0 aliphatic rings. The zero-order chi connectivity index (χ0) is 22.9. The fourth-order valence-corrected chi connectivity index (χ4v) is 4.56.